The Kier molecular flexibility index (Phi) is 6.76. The van der Waals surface area contributed by atoms with Crippen LogP contribution in [-0.2, 0) is 12.7 Å². The third-order valence-electron chi connectivity index (χ3n) is 5.72. The number of aromatic nitrogens is 4. The predicted molar refractivity (Wildman–Crippen MR) is 137 cm³/mol. The molecule has 1 fully saturated rings. The lowest BCUT2D eigenvalue weighted by Gasteiger charge is -2.16. The minimum absolute atomic E-state index is 0.0167. The Labute approximate surface area is 216 Å². The van der Waals surface area contributed by atoms with E-state index in [1.54, 1.807) is 49.8 Å². The van der Waals surface area contributed by atoms with Crippen molar-refractivity contribution in [3.8, 4) is 17.5 Å². The van der Waals surface area contributed by atoms with E-state index in [0.29, 0.717) is 39.5 Å². The van der Waals surface area contributed by atoms with Crippen molar-refractivity contribution in [1.29, 1.82) is 0 Å². The largest absolute Gasteiger partial charge is 0.418 e. The maximum Gasteiger partial charge on any atom is 0.418 e. The number of aryl methyl sites for hydroxylation is 1. The lowest BCUT2D eigenvalue weighted by atomic mass is 10.1. The number of rotatable bonds is 6. The number of hydrogen-bond acceptors (Lipinski definition) is 5. The molecule has 188 valence electrons. The number of alkyl halides is 3. The summed E-state index contributed by atoms with van der Waals surface area (Å²) in [5.41, 5.74) is 2.30. The number of anilines is 2. The van der Waals surface area contributed by atoms with Gasteiger partial charge in [-0.15, -0.1) is 0 Å². The Morgan fingerprint density at radius 1 is 1.05 bits per heavy atom. The highest BCUT2D eigenvalue weighted by molar-refractivity contribution is 6.31. The molecule has 0 bridgehead atoms. The van der Waals surface area contributed by atoms with Crippen LogP contribution in [0.5, 0.6) is 0 Å². The number of imidazole rings is 1. The first-order chi connectivity index (χ1) is 17.7. The van der Waals surface area contributed by atoms with Crippen LogP contribution in [-0.4, -0.2) is 25.6 Å². The molecule has 6 nitrogen and oxygen atoms in total. The summed E-state index contributed by atoms with van der Waals surface area (Å²) in [7, 11) is 0. The van der Waals surface area contributed by atoms with Crippen LogP contribution in [0.15, 0.2) is 61.3 Å². The molecule has 0 saturated heterocycles. The Bertz CT molecular complexity index is 1480. The highest BCUT2D eigenvalue weighted by atomic mass is 35.5. The second-order valence-electron chi connectivity index (χ2n) is 8.78. The first kappa shape index (κ1) is 24.7. The van der Waals surface area contributed by atoms with E-state index in [0.717, 1.165) is 24.5 Å². The highest BCUT2D eigenvalue weighted by Crippen LogP contribution is 2.36. The normalized spacial score (nSPS) is 13.1. The summed E-state index contributed by atoms with van der Waals surface area (Å²) in [5.74, 6) is 6.62. The van der Waals surface area contributed by atoms with Crippen molar-refractivity contribution in [2.75, 3.05) is 10.6 Å². The van der Waals surface area contributed by atoms with Gasteiger partial charge in [-0.3, -0.25) is 0 Å². The van der Waals surface area contributed by atoms with E-state index in [1.807, 2.05) is 0 Å². The average molecular weight is 523 g/mol. The smallest absolute Gasteiger partial charge is 0.381 e. The van der Waals surface area contributed by atoms with Gasteiger partial charge in [0.25, 0.3) is 0 Å². The van der Waals surface area contributed by atoms with E-state index in [-0.39, 0.29) is 12.2 Å². The fraction of sp³-hybridized carbons (Fsp3) is 0.222. The molecule has 2 aromatic carbocycles. The summed E-state index contributed by atoms with van der Waals surface area (Å²) < 4.78 is 42.7. The molecule has 0 unspecified atom stereocenters. The predicted octanol–water partition coefficient (Wildman–Crippen LogP) is 6.23. The van der Waals surface area contributed by atoms with Crippen molar-refractivity contribution < 1.29 is 13.2 Å². The molecule has 4 aromatic rings. The number of hydrogen-bond donors (Lipinski definition) is 2. The van der Waals surface area contributed by atoms with Crippen molar-refractivity contribution in [2.24, 2.45) is 0 Å². The summed E-state index contributed by atoms with van der Waals surface area (Å²) in [4.78, 5) is 12.6. The average Bonchev–Trinajstić information content (AvgIpc) is 3.59. The molecule has 2 N–H and O–H groups in total. The highest BCUT2D eigenvalue weighted by Gasteiger charge is 2.34. The lowest BCUT2D eigenvalue weighted by molar-refractivity contribution is -0.137. The molecule has 37 heavy (non-hydrogen) atoms. The van der Waals surface area contributed by atoms with Gasteiger partial charge in [0, 0.05) is 42.4 Å². The molecule has 5 rings (SSSR count). The minimum Gasteiger partial charge on any atom is -0.381 e. The zero-order valence-corrected chi connectivity index (χ0v) is 20.5. The van der Waals surface area contributed by atoms with Crippen LogP contribution in [0, 0.1) is 18.8 Å². The van der Waals surface area contributed by atoms with Gasteiger partial charge >= 0.3 is 6.18 Å². The molecule has 2 aromatic heterocycles. The number of halogens is 4. The first-order valence-corrected chi connectivity index (χ1v) is 12.0. The van der Waals surface area contributed by atoms with Crippen LogP contribution < -0.4 is 10.6 Å². The maximum atomic E-state index is 13.8. The standard InChI is InChI=1S/C27H22ClF3N6/c1-17-15-37(16-35-17)25-9-7-22(11-23(25)27(29,30)31)32-12-18-3-8-24(28)20(10-18)4-2-19-13-33-26(34-14-19)36-21-5-6-21/h3,7-11,13-16,21,32H,5-6,12H2,1H3,(H,33,34,36). The van der Waals surface area contributed by atoms with Crippen molar-refractivity contribution >= 4 is 23.2 Å². The van der Waals surface area contributed by atoms with Crippen LogP contribution >= 0.6 is 11.6 Å². The Balaban J connectivity index is 1.30. The fourth-order valence-corrected chi connectivity index (χ4v) is 3.82. The fourth-order valence-electron chi connectivity index (χ4n) is 3.65. The van der Waals surface area contributed by atoms with Crippen molar-refractivity contribution in [3.05, 3.63) is 94.3 Å². The van der Waals surface area contributed by atoms with Crippen molar-refractivity contribution in [2.45, 2.75) is 38.5 Å². The minimum atomic E-state index is -4.52. The molecular weight excluding hydrogens is 501 g/mol. The molecular formula is C27H22ClF3N6. The Morgan fingerprint density at radius 3 is 2.51 bits per heavy atom. The third kappa shape index (κ3) is 6.22. The summed E-state index contributed by atoms with van der Waals surface area (Å²) in [6.07, 6.45) is 3.97. The summed E-state index contributed by atoms with van der Waals surface area (Å²) >= 11 is 6.32. The molecule has 2 heterocycles. The summed E-state index contributed by atoms with van der Waals surface area (Å²) in [5, 5.41) is 6.76. The molecule has 0 aliphatic heterocycles. The van der Waals surface area contributed by atoms with E-state index in [2.05, 4.69) is 37.4 Å². The van der Waals surface area contributed by atoms with Gasteiger partial charge in [-0.2, -0.15) is 13.2 Å². The topological polar surface area (TPSA) is 67.7 Å². The zero-order valence-electron chi connectivity index (χ0n) is 19.8. The summed E-state index contributed by atoms with van der Waals surface area (Å²) in [6.45, 7) is 2.01. The van der Waals surface area contributed by atoms with Crippen molar-refractivity contribution in [1.82, 2.24) is 19.5 Å². The molecule has 1 aliphatic carbocycles. The van der Waals surface area contributed by atoms with Gasteiger partial charge < -0.3 is 15.2 Å². The van der Waals surface area contributed by atoms with Crippen LogP contribution in [0.1, 0.15) is 40.8 Å². The molecule has 1 aliphatic rings. The van der Waals surface area contributed by atoms with Gasteiger partial charge in [-0.25, -0.2) is 15.0 Å². The van der Waals surface area contributed by atoms with E-state index in [4.69, 9.17) is 11.6 Å². The van der Waals surface area contributed by atoms with Gasteiger partial charge in [0.2, 0.25) is 5.95 Å². The Morgan fingerprint density at radius 2 is 1.84 bits per heavy atom. The zero-order chi connectivity index (χ0) is 26.0. The molecule has 10 heteroatoms. The molecule has 0 amide bonds. The van der Waals surface area contributed by atoms with Gasteiger partial charge in [-0.05, 0) is 55.7 Å². The molecule has 0 spiro atoms. The molecule has 0 atom stereocenters. The van der Waals surface area contributed by atoms with Crippen LogP contribution in [0.2, 0.25) is 5.02 Å². The van der Waals surface area contributed by atoms with Gasteiger partial charge in [-0.1, -0.05) is 29.5 Å². The quantitative estimate of drug-likeness (QED) is 0.294. The van der Waals surface area contributed by atoms with Crippen LogP contribution in [0.25, 0.3) is 5.69 Å². The SMILES string of the molecule is Cc1cn(-c2ccc(NCc3ccc(Cl)c(C#Cc4cnc(NC5CC5)nc4)c3)cc2C(F)(F)F)cn1. The maximum absolute atomic E-state index is 13.8. The second-order valence-corrected chi connectivity index (χ2v) is 9.19. The van der Waals surface area contributed by atoms with E-state index in [9.17, 15) is 13.2 Å². The molecule has 1 saturated carbocycles. The number of benzene rings is 2. The van der Waals surface area contributed by atoms with E-state index >= 15 is 0 Å². The van der Waals surface area contributed by atoms with Crippen molar-refractivity contribution in [3.63, 3.8) is 0 Å². The third-order valence-corrected chi connectivity index (χ3v) is 6.05. The number of nitrogens with zero attached hydrogens (tertiary/aromatic N) is 4. The van der Waals surface area contributed by atoms with E-state index < -0.39 is 11.7 Å². The summed E-state index contributed by atoms with van der Waals surface area (Å²) in [6, 6.07) is 9.92. The monoisotopic (exact) mass is 522 g/mol. The van der Waals surface area contributed by atoms with Crippen LogP contribution in [0.3, 0.4) is 0 Å². The van der Waals surface area contributed by atoms with Crippen LogP contribution in [0.4, 0.5) is 24.8 Å². The van der Waals surface area contributed by atoms with Gasteiger partial charge in [0.1, 0.15) is 0 Å². The van der Waals surface area contributed by atoms with E-state index in [1.165, 1.54) is 17.0 Å². The first-order valence-electron chi connectivity index (χ1n) is 11.6. The second kappa shape index (κ2) is 10.1. The van der Waals surface area contributed by atoms with Gasteiger partial charge in [0.05, 0.1) is 33.9 Å². The Hall–Kier alpha value is -4.03. The molecule has 0 radical (unpaired) electrons. The number of nitrogens with one attached hydrogen (secondary N) is 2. The van der Waals surface area contributed by atoms with Gasteiger partial charge in [0.15, 0.2) is 0 Å². The lowest BCUT2D eigenvalue weighted by Crippen LogP contribution is -2.11.